The van der Waals surface area contributed by atoms with Gasteiger partial charge in [0.15, 0.2) is 17.4 Å². The summed E-state index contributed by atoms with van der Waals surface area (Å²) in [6.07, 6.45) is 4.21. The average molecular weight is 370 g/mol. The Morgan fingerprint density at radius 1 is 1.35 bits per heavy atom. The van der Waals surface area contributed by atoms with E-state index < -0.39 is 11.6 Å². The monoisotopic (exact) mass is 368 g/mol. The molecule has 2 aliphatic heterocycles. The zero-order chi connectivity index (χ0) is 12.7. The molecule has 2 bridgehead atoms. The maximum absolute atomic E-state index is 11.8. The zero-order valence-corrected chi connectivity index (χ0v) is 12.8. The van der Waals surface area contributed by atoms with Gasteiger partial charge < -0.3 is 14.2 Å². The van der Waals surface area contributed by atoms with Gasteiger partial charge in [-0.3, -0.25) is 4.79 Å². The first kappa shape index (κ1) is 13.7. The molecular formula is C11H14Br2O4. The van der Waals surface area contributed by atoms with E-state index in [1.54, 1.807) is 20.3 Å². The second-order valence-corrected chi connectivity index (χ2v) is 6.42. The average Bonchev–Trinajstić information content (AvgIpc) is 2.60. The minimum atomic E-state index is -0.882. The van der Waals surface area contributed by atoms with Crippen LogP contribution >= 0.6 is 31.9 Å². The molecule has 4 nitrogen and oxygen atoms in total. The number of methoxy groups -OCH3 is 2. The van der Waals surface area contributed by atoms with E-state index in [0.717, 1.165) is 0 Å². The lowest BCUT2D eigenvalue weighted by Crippen LogP contribution is -2.44. The van der Waals surface area contributed by atoms with Crippen LogP contribution in [0.25, 0.3) is 0 Å². The standard InChI is InChI=1S/C11H14Br2O4/c1-15-10-4-3-8(14)7(12)5-11(16-2,17-10)9(13)6-10/h3-4,7,9H,5-6H2,1-2H3/b4-3-/t7-,9-,10+,11-/m0/s1. The Hall–Kier alpha value is 0.250. The molecule has 1 fully saturated rings. The van der Waals surface area contributed by atoms with Crippen molar-refractivity contribution in [3.63, 3.8) is 0 Å². The van der Waals surface area contributed by atoms with Gasteiger partial charge in [0.2, 0.25) is 0 Å². The lowest BCUT2D eigenvalue weighted by molar-refractivity contribution is -0.288. The van der Waals surface area contributed by atoms with E-state index in [1.165, 1.54) is 6.08 Å². The molecule has 2 heterocycles. The molecule has 1 saturated heterocycles. The van der Waals surface area contributed by atoms with Gasteiger partial charge in [-0.25, -0.2) is 0 Å². The van der Waals surface area contributed by atoms with Crippen LogP contribution in [0.4, 0.5) is 0 Å². The van der Waals surface area contributed by atoms with Crippen molar-refractivity contribution in [1.29, 1.82) is 0 Å². The highest BCUT2D eigenvalue weighted by Crippen LogP contribution is 2.48. The molecule has 0 spiro atoms. The molecule has 0 aromatic carbocycles. The van der Waals surface area contributed by atoms with Crippen molar-refractivity contribution in [3.8, 4) is 0 Å². The van der Waals surface area contributed by atoms with E-state index in [4.69, 9.17) is 14.2 Å². The molecule has 0 aromatic heterocycles. The van der Waals surface area contributed by atoms with Gasteiger partial charge in [0.1, 0.15) is 0 Å². The van der Waals surface area contributed by atoms with Crippen LogP contribution in [-0.4, -0.2) is 41.2 Å². The number of alkyl halides is 2. The number of halogens is 2. The van der Waals surface area contributed by atoms with Crippen LogP contribution in [0.5, 0.6) is 0 Å². The van der Waals surface area contributed by atoms with Gasteiger partial charge in [0.05, 0.1) is 9.65 Å². The van der Waals surface area contributed by atoms with E-state index in [1.807, 2.05) is 0 Å². The fourth-order valence-electron chi connectivity index (χ4n) is 2.18. The van der Waals surface area contributed by atoms with Gasteiger partial charge in [-0.1, -0.05) is 31.9 Å². The van der Waals surface area contributed by atoms with Crippen molar-refractivity contribution in [2.75, 3.05) is 14.2 Å². The van der Waals surface area contributed by atoms with E-state index in [2.05, 4.69) is 31.9 Å². The summed E-state index contributed by atoms with van der Waals surface area (Å²) >= 11 is 6.92. The number of hydrogen-bond donors (Lipinski definition) is 0. The number of rotatable bonds is 2. The molecular weight excluding hydrogens is 356 g/mol. The fraction of sp³-hybridized carbons (Fsp3) is 0.727. The Balaban J connectivity index is 2.42. The predicted octanol–water partition coefficient (Wildman–Crippen LogP) is 2.15. The van der Waals surface area contributed by atoms with Crippen LogP contribution in [0.1, 0.15) is 12.8 Å². The van der Waals surface area contributed by atoms with Gasteiger partial charge >= 0.3 is 0 Å². The number of carbonyl (C=O) groups is 1. The lowest BCUT2D eigenvalue weighted by atomic mass is 10.0. The summed E-state index contributed by atoms with van der Waals surface area (Å²) in [5.74, 6) is -1.73. The number of hydrogen-bond acceptors (Lipinski definition) is 4. The topological polar surface area (TPSA) is 44.8 Å². The molecule has 0 unspecified atom stereocenters. The number of carbonyl (C=O) groups excluding carboxylic acids is 1. The molecule has 0 amide bonds. The van der Waals surface area contributed by atoms with Crippen LogP contribution < -0.4 is 0 Å². The molecule has 0 saturated carbocycles. The van der Waals surface area contributed by atoms with Crippen LogP contribution in [0.15, 0.2) is 12.2 Å². The van der Waals surface area contributed by atoms with Crippen molar-refractivity contribution in [1.82, 2.24) is 0 Å². The largest absolute Gasteiger partial charge is 0.352 e. The van der Waals surface area contributed by atoms with Crippen molar-refractivity contribution in [3.05, 3.63) is 12.2 Å². The van der Waals surface area contributed by atoms with Gasteiger partial charge in [-0.2, -0.15) is 0 Å². The smallest absolute Gasteiger partial charge is 0.192 e. The Morgan fingerprint density at radius 3 is 2.65 bits per heavy atom. The van der Waals surface area contributed by atoms with Crippen LogP contribution in [0, 0.1) is 0 Å². The van der Waals surface area contributed by atoms with E-state index >= 15 is 0 Å². The first-order chi connectivity index (χ1) is 7.97. The van der Waals surface area contributed by atoms with Crippen molar-refractivity contribution in [2.45, 2.75) is 34.1 Å². The molecule has 0 radical (unpaired) electrons. The van der Waals surface area contributed by atoms with Gasteiger partial charge in [-0.15, -0.1) is 0 Å². The molecule has 0 aliphatic carbocycles. The summed E-state index contributed by atoms with van der Waals surface area (Å²) in [7, 11) is 3.14. The van der Waals surface area contributed by atoms with Gasteiger partial charge in [-0.05, 0) is 12.2 Å². The normalized spacial score (nSPS) is 47.6. The first-order valence-corrected chi connectivity index (χ1v) is 7.12. The van der Waals surface area contributed by atoms with Crippen molar-refractivity contribution < 1.29 is 19.0 Å². The van der Waals surface area contributed by atoms with Crippen LogP contribution in [0.2, 0.25) is 0 Å². The molecule has 6 heteroatoms. The third-order valence-electron chi connectivity index (χ3n) is 3.25. The highest BCUT2D eigenvalue weighted by Gasteiger charge is 2.57. The van der Waals surface area contributed by atoms with E-state index in [-0.39, 0.29) is 15.4 Å². The highest BCUT2D eigenvalue weighted by atomic mass is 79.9. The van der Waals surface area contributed by atoms with E-state index in [9.17, 15) is 4.79 Å². The highest BCUT2D eigenvalue weighted by molar-refractivity contribution is 9.10. The Bertz CT molecular complexity index is 359. The van der Waals surface area contributed by atoms with Gasteiger partial charge in [0.25, 0.3) is 0 Å². The molecule has 2 rings (SSSR count). The SMILES string of the molecule is CO[C@]12/C=C\C(=O)[C@@H](Br)C[C@](OC)(O1)[C@@H](Br)C2. The van der Waals surface area contributed by atoms with Crippen molar-refractivity contribution in [2.24, 2.45) is 0 Å². The van der Waals surface area contributed by atoms with Crippen LogP contribution in [-0.2, 0) is 19.0 Å². The lowest BCUT2D eigenvalue weighted by Gasteiger charge is -2.35. The Kier molecular flexibility index (Phi) is 3.81. The maximum atomic E-state index is 11.8. The number of ether oxygens (including phenoxy) is 3. The number of fused-ring (bicyclic) bond motifs is 2. The number of ketones is 1. The third kappa shape index (κ3) is 2.26. The molecule has 0 aromatic rings. The van der Waals surface area contributed by atoms with Crippen molar-refractivity contribution >= 4 is 37.6 Å². The predicted molar refractivity (Wildman–Crippen MR) is 69.4 cm³/mol. The van der Waals surface area contributed by atoms with Gasteiger partial charge in [0, 0.05) is 27.1 Å². The third-order valence-corrected chi connectivity index (χ3v) is 5.05. The summed E-state index contributed by atoms with van der Waals surface area (Å²) in [4.78, 5) is 11.4. The first-order valence-electron chi connectivity index (χ1n) is 5.29. The molecule has 2 aliphatic rings. The minimum Gasteiger partial charge on any atom is -0.352 e. The summed E-state index contributed by atoms with van der Waals surface area (Å²) in [5.41, 5.74) is 0. The second-order valence-electron chi connectivity index (χ2n) is 4.21. The fourth-order valence-corrected chi connectivity index (χ4v) is 3.71. The van der Waals surface area contributed by atoms with Crippen LogP contribution in [0.3, 0.4) is 0 Å². The summed E-state index contributed by atoms with van der Waals surface area (Å²) < 4.78 is 16.8. The second kappa shape index (κ2) is 4.74. The Morgan fingerprint density at radius 2 is 2.06 bits per heavy atom. The summed E-state index contributed by atoms with van der Waals surface area (Å²) in [6, 6.07) is 0. The van der Waals surface area contributed by atoms with E-state index in [0.29, 0.717) is 12.8 Å². The Labute approximate surface area is 117 Å². The molecule has 96 valence electrons. The molecule has 4 atom stereocenters. The maximum Gasteiger partial charge on any atom is 0.192 e. The zero-order valence-electron chi connectivity index (χ0n) is 9.61. The number of allylic oxidation sites excluding steroid dienone is 1. The quantitative estimate of drug-likeness (QED) is 0.699. The summed E-state index contributed by atoms with van der Waals surface area (Å²) in [6.45, 7) is 0. The molecule has 17 heavy (non-hydrogen) atoms. The molecule has 0 N–H and O–H groups in total. The summed E-state index contributed by atoms with van der Waals surface area (Å²) in [5, 5.41) is 0. The minimum absolute atomic E-state index is 0.00208.